The molecule has 0 bridgehead atoms. The highest BCUT2D eigenvalue weighted by atomic mass is 32.2. The van der Waals surface area contributed by atoms with Crippen LogP contribution in [0.4, 0.5) is 4.79 Å². The number of carbonyl (C=O) groups excluding carboxylic acids is 2. The number of benzene rings is 1. The van der Waals surface area contributed by atoms with E-state index in [0.29, 0.717) is 13.1 Å². The molecule has 8 nitrogen and oxygen atoms in total. The van der Waals surface area contributed by atoms with Crippen molar-refractivity contribution in [1.82, 2.24) is 14.9 Å². The molecule has 120 valence electrons. The van der Waals surface area contributed by atoms with Gasteiger partial charge in [0.1, 0.15) is 0 Å². The number of hydrogen-bond acceptors (Lipinski definition) is 5. The van der Waals surface area contributed by atoms with Crippen LogP contribution in [0.1, 0.15) is 10.4 Å². The van der Waals surface area contributed by atoms with Crippen molar-refractivity contribution >= 4 is 22.0 Å². The molecule has 2 amide bonds. The molecule has 2 rings (SSSR count). The molecule has 1 heterocycles. The maximum Gasteiger partial charge on any atom is 0.339 e. The molecular weight excluding hydrogens is 310 g/mol. The molecule has 1 fully saturated rings. The van der Waals surface area contributed by atoms with E-state index in [9.17, 15) is 18.0 Å². The predicted octanol–water partition coefficient (Wildman–Crippen LogP) is -0.223. The molecule has 9 heteroatoms. The Morgan fingerprint density at radius 3 is 2.77 bits per heavy atom. The number of ether oxygens (including phenoxy) is 1. The van der Waals surface area contributed by atoms with E-state index in [1.165, 1.54) is 30.2 Å². The van der Waals surface area contributed by atoms with Crippen LogP contribution in [0, 0.1) is 0 Å². The fourth-order valence-corrected chi connectivity index (χ4v) is 3.31. The Morgan fingerprint density at radius 1 is 1.41 bits per heavy atom. The second-order valence-corrected chi connectivity index (χ2v) is 6.34. The van der Waals surface area contributed by atoms with E-state index in [2.05, 4.69) is 14.8 Å². The zero-order chi connectivity index (χ0) is 16.2. The first-order valence-corrected chi connectivity index (χ1v) is 8.14. The average molecular weight is 327 g/mol. The van der Waals surface area contributed by atoms with Gasteiger partial charge in [0.15, 0.2) is 0 Å². The molecule has 1 aromatic carbocycles. The van der Waals surface area contributed by atoms with Gasteiger partial charge in [-0.05, 0) is 12.1 Å². The summed E-state index contributed by atoms with van der Waals surface area (Å²) >= 11 is 0. The van der Waals surface area contributed by atoms with Gasteiger partial charge in [-0.25, -0.2) is 22.7 Å². The number of urea groups is 1. The number of rotatable bonds is 6. The lowest BCUT2D eigenvalue weighted by Crippen LogP contribution is -2.37. The van der Waals surface area contributed by atoms with Gasteiger partial charge in [-0.1, -0.05) is 12.1 Å². The van der Waals surface area contributed by atoms with Crippen molar-refractivity contribution < 1.29 is 22.7 Å². The molecule has 1 aliphatic rings. The van der Waals surface area contributed by atoms with Gasteiger partial charge < -0.3 is 15.0 Å². The highest BCUT2D eigenvalue weighted by Gasteiger charge is 2.23. The maximum absolute atomic E-state index is 12.3. The average Bonchev–Trinajstić information content (AvgIpc) is 2.92. The fraction of sp³-hybridized carbons (Fsp3) is 0.385. The Labute approximate surface area is 128 Å². The van der Waals surface area contributed by atoms with Crippen molar-refractivity contribution in [2.45, 2.75) is 4.90 Å². The highest BCUT2D eigenvalue weighted by molar-refractivity contribution is 7.89. The number of amides is 2. The summed E-state index contributed by atoms with van der Waals surface area (Å²) in [7, 11) is -2.68. The number of esters is 1. The van der Waals surface area contributed by atoms with Crippen LogP contribution in [0.25, 0.3) is 0 Å². The van der Waals surface area contributed by atoms with E-state index >= 15 is 0 Å². The zero-order valence-corrected chi connectivity index (χ0v) is 12.9. The van der Waals surface area contributed by atoms with E-state index in [4.69, 9.17) is 0 Å². The number of carbonyl (C=O) groups is 2. The highest BCUT2D eigenvalue weighted by Crippen LogP contribution is 2.16. The Hall–Kier alpha value is -2.13. The molecule has 0 spiro atoms. The normalized spacial score (nSPS) is 14.8. The second kappa shape index (κ2) is 6.75. The third-order valence-corrected chi connectivity index (χ3v) is 4.72. The molecule has 1 aliphatic heterocycles. The Morgan fingerprint density at radius 2 is 2.14 bits per heavy atom. The summed E-state index contributed by atoms with van der Waals surface area (Å²) in [4.78, 5) is 24.4. The molecule has 0 aliphatic carbocycles. The van der Waals surface area contributed by atoms with Crippen molar-refractivity contribution in [3.63, 3.8) is 0 Å². The van der Waals surface area contributed by atoms with E-state index < -0.39 is 16.0 Å². The van der Waals surface area contributed by atoms with E-state index in [1.807, 2.05) is 0 Å². The van der Waals surface area contributed by atoms with Crippen LogP contribution in [-0.2, 0) is 14.8 Å². The van der Waals surface area contributed by atoms with Crippen LogP contribution in [0.15, 0.2) is 29.2 Å². The topological polar surface area (TPSA) is 105 Å². The molecule has 1 saturated heterocycles. The predicted molar refractivity (Wildman–Crippen MR) is 77.9 cm³/mol. The van der Waals surface area contributed by atoms with E-state index in [-0.39, 0.29) is 29.6 Å². The molecule has 0 saturated carbocycles. The third kappa shape index (κ3) is 3.55. The number of hydrogen-bond donors (Lipinski definition) is 2. The summed E-state index contributed by atoms with van der Waals surface area (Å²) in [5.74, 6) is -0.722. The van der Waals surface area contributed by atoms with Gasteiger partial charge in [0.2, 0.25) is 10.0 Å². The summed E-state index contributed by atoms with van der Waals surface area (Å²) in [5.41, 5.74) is -0.0311. The molecule has 1 aromatic rings. The van der Waals surface area contributed by atoms with Crippen molar-refractivity contribution in [3.8, 4) is 0 Å². The number of methoxy groups -OCH3 is 1. The lowest BCUT2D eigenvalue weighted by Gasteiger charge is -2.15. The first kappa shape index (κ1) is 16.2. The first-order valence-electron chi connectivity index (χ1n) is 6.65. The number of nitrogens with one attached hydrogen (secondary N) is 2. The van der Waals surface area contributed by atoms with Crippen LogP contribution in [0.3, 0.4) is 0 Å². The minimum atomic E-state index is -3.86. The quantitative estimate of drug-likeness (QED) is 0.703. The van der Waals surface area contributed by atoms with E-state index in [1.54, 1.807) is 6.07 Å². The molecular formula is C13H17N3O5S. The Bertz CT molecular complexity index is 674. The van der Waals surface area contributed by atoms with Gasteiger partial charge in [0, 0.05) is 26.2 Å². The molecule has 0 unspecified atom stereocenters. The smallest absolute Gasteiger partial charge is 0.339 e. The van der Waals surface area contributed by atoms with Gasteiger partial charge in [0.25, 0.3) is 0 Å². The SMILES string of the molecule is COC(=O)c1ccccc1S(=O)(=O)NCCN1CCNC1=O. The monoisotopic (exact) mass is 327 g/mol. The van der Waals surface area contributed by atoms with Crippen molar-refractivity contribution in [3.05, 3.63) is 29.8 Å². The van der Waals surface area contributed by atoms with Gasteiger partial charge in [-0.15, -0.1) is 0 Å². The Kier molecular flexibility index (Phi) is 4.99. The van der Waals surface area contributed by atoms with Gasteiger partial charge >= 0.3 is 12.0 Å². The van der Waals surface area contributed by atoms with Gasteiger partial charge in [0.05, 0.1) is 17.6 Å². The molecule has 22 heavy (non-hydrogen) atoms. The zero-order valence-electron chi connectivity index (χ0n) is 12.0. The molecule has 0 atom stereocenters. The van der Waals surface area contributed by atoms with Gasteiger partial charge in [-0.3, -0.25) is 0 Å². The van der Waals surface area contributed by atoms with Crippen LogP contribution < -0.4 is 10.0 Å². The standard InChI is InChI=1S/C13H17N3O5S/c1-21-12(17)10-4-2-3-5-11(10)22(19,20)15-7-9-16-8-6-14-13(16)18/h2-5,15H,6-9H2,1H3,(H,14,18). The van der Waals surface area contributed by atoms with E-state index in [0.717, 1.165) is 0 Å². The van der Waals surface area contributed by atoms with Gasteiger partial charge in [-0.2, -0.15) is 0 Å². The molecule has 2 N–H and O–H groups in total. The maximum atomic E-state index is 12.3. The largest absolute Gasteiger partial charge is 0.465 e. The lowest BCUT2D eigenvalue weighted by atomic mass is 10.2. The number of sulfonamides is 1. The molecule has 0 radical (unpaired) electrons. The number of nitrogens with zero attached hydrogens (tertiary/aromatic N) is 1. The van der Waals surface area contributed by atoms with Crippen LogP contribution >= 0.6 is 0 Å². The van der Waals surface area contributed by atoms with Crippen molar-refractivity contribution in [2.75, 3.05) is 33.3 Å². The summed E-state index contributed by atoms with van der Waals surface area (Å²) in [6, 6.07) is 5.58. The minimum Gasteiger partial charge on any atom is -0.465 e. The van der Waals surface area contributed by atoms with Crippen LogP contribution in [-0.4, -0.2) is 58.6 Å². The van der Waals surface area contributed by atoms with Crippen molar-refractivity contribution in [2.24, 2.45) is 0 Å². The summed E-state index contributed by atoms with van der Waals surface area (Å²) in [6.45, 7) is 1.41. The Balaban J connectivity index is 2.07. The minimum absolute atomic E-state index is 0.0311. The van der Waals surface area contributed by atoms with Crippen LogP contribution in [0.2, 0.25) is 0 Å². The third-order valence-electron chi connectivity index (χ3n) is 3.20. The summed E-state index contributed by atoms with van der Waals surface area (Å²) in [6.07, 6.45) is 0. The fourth-order valence-electron chi connectivity index (χ4n) is 2.10. The summed E-state index contributed by atoms with van der Waals surface area (Å²) in [5, 5.41) is 2.63. The summed E-state index contributed by atoms with van der Waals surface area (Å²) < 4.78 is 31.5. The first-order chi connectivity index (χ1) is 10.5. The van der Waals surface area contributed by atoms with Crippen molar-refractivity contribution in [1.29, 1.82) is 0 Å². The van der Waals surface area contributed by atoms with Crippen LogP contribution in [0.5, 0.6) is 0 Å². The molecule has 0 aromatic heterocycles. The second-order valence-electron chi connectivity index (χ2n) is 4.60. The lowest BCUT2D eigenvalue weighted by molar-refractivity contribution is 0.0596.